The van der Waals surface area contributed by atoms with Crippen LogP contribution < -0.4 is 5.73 Å². The van der Waals surface area contributed by atoms with Gasteiger partial charge in [-0.05, 0) is 23.8 Å². The van der Waals surface area contributed by atoms with E-state index in [2.05, 4.69) is 4.90 Å². The van der Waals surface area contributed by atoms with Gasteiger partial charge < -0.3 is 5.73 Å². The highest BCUT2D eigenvalue weighted by Crippen LogP contribution is 2.32. The maximum Gasteiger partial charge on any atom is 0.166 e. The van der Waals surface area contributed by atoms with Gasteiger partial charge in [0.1, 0.15) is 5.37 Å². The first-order valence-electron chi connectivity index (χ1n) is 6.93. The fourth-order valence-electron chi connectivity index (χ4n) is 2.93. The van der Waals surface area contributed by atoms with E-state index in [-0.39, 0.29) is 17.2 Å². The highest BCUT2D eigenvalue weighted by atomic mass is 32.2. The molecule has 3 unspecified atom stereocenters. The molecule has 0 aromatic carbocycles. The monoisotopic (exact) mass is 324 g/mol. The molecule has 3 atom stereocenters. The van der Waals surface area contributed by atoms with E-state index in [1.165, 1.54) is 12.2 Å². The van der Waals surface area contributed by atoms with Crippen molar-refractivity contribution in [3.63, 3.8) is 0 Å². The van der Waals surface area contributed by atoms with Gasteiger partial charge in [-0.25, -0.2) is 8.42 Å². The van der Waals surface area contributed by atoms with Crippen LogP contribution in [0.15, 0.2) is 0 Å². The fourth-order valence-corrected chi connectivity index (χ4v) is 7.33. The molecule has 19 heavy (non-hydrogen) atoms. The second-order valence-electron chi connectivity index (χ2n) is 5.15. The number of hydrogen-bond donors (Lipinski definition) is 1. The lowest BCUT2D eigenvalue weighted by Gasteiger charge is -2.42. The van der Waals surface area contributed by atoms with E-state index in [9.17, 15) is 8.42 Å². The van der Waals surface area contributed by atoms with Crippen LogP contribution in [0.2, 0.25) is 0 Å². The maximum absolute atomic E-state index is 12.3. The highest BCUT2D eigenvalue weighted by Gasteiger charge is 2.39. The van der Waals surface area contributed by atoms with Gasteiger partial charge in [0.05, 0.1) is 0 Å². The van der Waals surface area contributed by atoms with Crippen molar-refractivity contribution in [1.82, 2.24) is 4.90 Å². The molecule has 0 aromatic heterocycles. The molecule has 112 valence electrons. The first-order valence-corrected chi connectivity index (χ1v) is 11.0. The first kappa shape index (κ1) is 15.9. The molecule has 2 heterocycles. The van der Waals surface area contributed by atoms with Crippen LogP contribution in [0.3, 0.4) is 0 Å². The van der Waals surface area contributed by atoms with Gasteiger partial charge in [-0.2, -0.15) is 23.5 Å². The lowest BCUT2D eigenvalue weighted by atomic mass is 9.97. The first-order chi connectivity index (χ1) is 9.10. The zero-order chi connectivity index (χ0) is 13.9. The topological polar surface area (TPSA) is 63.4 Å². The van der Waals surface area contributed by atoms with Crippen LogP contribution >= 0.6 is 23.5 Å². The normalized spacial score (nSPS) is 31.5. The molecule has 0 bridgehead atoms. The predicted octanol–water partition coefficient (Wildman–Crippen LogP) is 0.876. The van der Waals surface area contributed by atoms with Crippen LogP contribution in [0.1, 0.15) is 13.3 Å². The number of thioether (sulfide) groups is 2. The summed E-state index contributed by atoms with van der Waals surface area (Å²) < 4.78 is 24.6. The van der Waals surface area contributed by atoms with Crippen molar-refractivity contribution in [3.8, 4) is 0 Å². The Kier molecular flexibility index (Phi) is 5.90. The molecule has 0 saturated carbocycles. The second kappa shape index (κ2) is 7.02. The van der Waals surface area contributed by atoms with Gasteiger partial charge in [-0.15, -0.1) is 0 Å². The van der Waals surface area contributed by atoms with Crippen LogP contribution in [-0.2, 0) is 9.84 Å². The van der Waals surface area contributed by atoms with Crippen LogP contribution in [-0.4, -0.2) is 66.6 Å². The van der Waals surface area contributed by atoms with Crippen LogP contribution in [0.5, 0.6) is 0 Å². The summed E-state index contributed by atoms with van der Waals surface area (Å²) in [6.45, 7) is 3.18. The van der Waals surface area contributed by atoms with Crippen LogP contribution in [0.25, 0.3) is 0 Å². The van der Waals surface area contributed by atoms with Gasteiger partial charge in [0.25, 0.3) is 0 Å². The summed E-state index contributed by atoms with van der Waals surface area (Å²) in [5.41, 5.74) is 5.98. The summed E-state index contributed by atoms with van der Waals surface area (Å²) in [5.74, 6) is 4.83. The highest BCUT2D eigenvalue weighted by molar-refractivity contribution is 8.01. The summed E-state index contributed by atoms with van der Waals surface area (Å²) in [6.07, 6.45) is 1.18. The number of nitrogens with zero attached hydrogens (tertiary/aromatic N) is 1. The Hall–Kier alpha value is 0.570. The largest absolute Gasteiger partial charge is 0.329 e. The Bertz CT molecular complexity index is 382. The van der Waals surface area contributed by atoms with Gasteiger partial charge in [-0.1, -0.05) is 6.92 Å². The molecule has 0 spiro atoms. The molecule has 7 heteroatoms. The van der Waals surface area contributed by atoms with E-state index in [1.807, 2.05) is 11.8 Å². The smallest absolute Gasteiger partial charge is 0.166 e. The molecule has 2 N–H and O–H groups in total. The van der Waals surface area contributed by atoms with Crippen molar-refractivity contribution in [1.29, 1.82) is 0 Å². The number of hydrogen-bond acceptors (Lipinski definition) is 6. The minimum atomic E-state index is -3.01. The summed E-state index contributed by atoms with van der Waals surface area (Å²) >= 11 is 3.72. The van der Waals surface area contributed by atoms with Gasteiger partial charge in [0.2, 0.25) is 0 Å². The minimum absolute atomic E-state index is 0.228. The molecular weight excluding hydrogens is 300 g/mol. The fraction of sp³-hybridized carbons (Fsp3) is 1.00. The molecule has 4 nitrogen and oxygen atoms in total. The summed E-state index contributed by atoms with van der Waals surface area (Å²) in [7, 11) is -3.01. The summed E-state index contributed by atoms with van der Waals surface area (Å²) in [5, 5.41) is -0.324. The van der Waals surface area contributed by atoms with Crippen molar-refractivity contribution in [3.05, 3.63) is 0 Å². The van der Waals surface area contributed by atoms with Crippen molar-refractivity contribution in [2.75, 3.05) is 41.9 Å². The Morgan fingerprint density at radius 3 is 2.63 bits per heavy atom. The van der Waals surface area contributed by atoms with E-state index in [4.69, 9.17) is 5.73 Å². The van der Waals surface area contributed by atoms with Crippen molar-refractivity contribution >= 4 is 33.4 Å². The standard InChI is InChI=1S/C12H24N2O2S3/c1-2-19(15,16)12-9-18-6-4-14(12)11(7-13)10-3-5-17-8-10/h10-12H,2-9,13H2,1H3. The van der Waals surface area contributed by atoms with E-state index in [1.54, 1.807) is 18.7 Å². The Morgan fingerprint density at radius 1 is 1.32 bits per heavy atom. The average molecular weight is 325 g/mol. The third-order valence-corrected chi connectivity index (χ3v) is 8.61. The third-order valence-electron chi connectivity index (χ3n) is 4.12. The Labute approximate surface area is 125 Å². The molecule has 0 radical (unpaired) electrons. The number of nitrogens with two attached hydrogens (primary N) is 1. The van der Waals surface area contributed by atoms with E-state index < -0.39 is 9.84 Å². The third kappa shape index (κ3) is 3.61. The maximum atomic E-state index is 12.3. The summed E-state index contributed by atoms with van der Waals surface area (Å²) in [4.78, 5) is 2.20. The Balaban J connectivity index is 2.17. The van der Waals surface area contributed by atoms with Crippen molar-refractivity contribution in [2.24, 2.45) is 11.7 Å². The van der Waals surface area contributed by atoms with Gasteiger partial charge >= 0.3 is 0 Å². The number of rotatable bonds is 5. The lowest BCUT2D eigenvalue weighted by Crippen LogP contribution is -2.57. The van der Waals surface area contributed by atoms with E-state index >= 15 is 0 Å². The second-order valence-corrected chi connectivity index (χ2v) is 9.89. The van der Waals surface area contributed by atoms with E-state index in [0.29, 0.717) is 18.2 Å². The molecular formula is C12H24N2O2S3. The zero-order valence-corrected chi connectivity index (χ0v) is 13.9. The molecule has 0 amide bonds. The Morgan fingerprint density at radius 2 is 2.05 bits per heavy atom. The van der Waals surface area contributed by atoms with E-state index in [0.717, 1.165) is 18.1 Å². The molecule has 0 aliphatic carbocycles. The molecule has 2 saturated heterocycles. The number of sulfone groups is 1. The van der Waals surface area contributed by atoms with Gasteiger partial charge in [-0.3, -0.25) is 4.90 Å². The molecule has 2 aliphatic rings. The van der Waals surface area contributed by atoms with Gasteiger partial charge in [0, 0.05) is 36.4 Å². The average Bonchev–Trinajstić information content (AvgIpc) is 2.94. The predicted molar refractivity (Wildman–Crippen MR) is 85.6 cm³/mol. The minimum Gasteiger partial charge on any atom is -0.329 e. The summed E-state index contributed by atoms with van der Waals surface area (Å²) in [6, 6.07) is 0.238. The quantitative estimate of drug-likeness (QED) is 0.810. The molecule has 2 rings (SSSR count). The lowest BCUT2D eigenvalue weighted by molar-refractivity contribution is 0.151. The van der Waals surface area contributed by atoms with Crippen LogP contribution in [0.4, 0.5) is 0 Å². The molecule has 2 fully saturated rings. The van der Waals surface area contributed by atoms with Crippen LogP contribution in [0, 0.1) is 5.92 Å². The zero-order valence-electron chi connectivity index (χ0n) is 11.5. The van der Waals surface area contributed by atoms with Crippen molar-refractivity contribution < 1.29 is 8.42 Å². The molecule has 0 aromatic rings. The SMILES string of the molecule is CCS(=O)(=O)C1CSCCN1C(CN)C1CCSC1. The van der Waals surface area contributed by atoms with Crippen molar-refractivity contribution in [2.45, 2.75) is 24.8 Å². The molecule has 2 aliphatic heterocycles. The van der Waals surface area contributed by atoms with Gasteiger partial charge in [0.15, 0.2) is 9.84 Å².